The minimum absolute atomic E-state index is 0.0116. The van der Waals surface area contributed by atoms with Gasteiger partial charge in [-0.05, 0) is 32.3 Å². The van der Waals surface area contributed by atoms with Gasteiger partial charge in [-0.2, -0.15) is 0 Å². The van der Waals surface area contributed by atoms with Gasteiger partial charge in [0.1, 0.15) is 11.6 Å². The van der Waals surface area contributed by atoms with E-state index in [1.807, 2.05) is 17.9 Å². The van der Waals surface area contributed by atoms with Crippen LogP contribution in [0.1, 0.15) is 55.8 Å². The van der Waals surface area contributed by atoms with Crippen molar-refractivity contribution in [2.45, 2.75) is 52.9 Å². The molecule has 7 nitrogen and oxygen atoms in total. The second kappa shape index (κ2) is 11.6. The maximum atomic E-state index is 12.6. The van der Waals surface area contributed by atoms with Crippen molar-refractivity contribution in [3.8, 4) is 0 Å². The Morgan fingerprint density at radius 3 is 2.50 bits per heavy atom. The first-order valence-electron chi connectivity index (χ1n) is 11.6. The molecule has 0 atom stereocenters. The Hall–Kier alpha value is -2.96. The molecule has 1 aromatic carbocycles. The molecule has 2 heterocycles. The Bertz CT molecular complexity index is 917. The van der Waals surface area contributed by atoms with E-state index in [0.717, 1.165) is 43.1 Å². The van der Waals surface area contributed by atoms with Crippen LogP contribution in [0.25, 0.3) is 0 Å². The number of anilines is 1. The van der Waals surface area contributed by atoms with E-state index >= 15 is 0 Å². The lowest BCUT2D eigenvalue weighted by Crippen LogP contribution is -2.36. The fraction of sp³-hybridized carbons (Fsp3) is 0.520. The van der Waals surface area contributed by atoms with Crippen LogP contribution >= 0.6 is 0 Å². The highest BCUT2D eigenvalue weighted by molar-refractivity contribution is 5.81. The van der Waals surface area contributed by atoms with Gasteiger partial charge in [0.25, 0.3) is 0 Å². The van der Waals surface area contributed by atoms with Crippen LogP contribution in [0, 0.1) is 6.92 Å². The molecule has 3 rings (SSSR count). The van der Waals surface area contributed by atoms with Gasteiger partial charge in [-0.3, -0.25) is 9.59 Å². The normalized spacial score (nSPS) is 14.2. The number of benzene rings is 1. The lowest BCUT2D eigenvalue weighted by molar-refractivity contribution is -0.145. The van der Waals surface area contributed by atoms with E-state index in [0.29, 0.717) is 26.2 Å². The zero-order valence-electron chi connectivity index (χ0n) is 19.5. The summed E-state index contributed by atoms with van der Waals surface area (Å²) in [4.78, 5) is 38.0. The molecule has 1 amide bonds. The Labute approximate surface area is 190 Å². The first kappa shape index (κ1) is 23.7. The van der Waals surface area contributed by atoms with E-state index in [1.165, 1.54) is 11.1 Å². The van der Waals surface area contributed by atoms with Crippen LogP contribution in [0.4, 0.5) is 5.82 Å². The average molecular weight is 439 g/mol. The van der Waals surface area contributed by atoms with E-state index in [4.69, 9.17) is 14.7 Å². The smallest absolute Gasteiger partial charge is 0.306 e. The highest BCUT2D eigenvalue weighted by Gasteiger charge is 2.24. The number of aryl methyl sites for hydroxylation is 2. The molecular weight excluding hydrogens is 404 g/mol. The molecule has 1 aromatic heterocycles. The third kappa shape index (κ3) is 6.28. The number of amides is 1. The molecule has 1 aliphatic heterocycles. The molecule has 172 valence electrons. The van der Waals surface area contributed by atoms with Gasteiger partial charge in [-0.25, -0.2) is 9.97 Å². The van der Waals surface area contributed by atoms with Crippen LogP contribution in [0.2, 0.25) is 0 Å². The maximum Gasteiger partial charge on any atom is 0.306 e. The first-order valence-corrected chi connectivity index (χ1v) is 11.6. The summed E-state index contributed by atoms with van der Waals surface area (Å²) in [5, 5.41) is 0. The molecule has 0 unspecified atom stereocenters. The van der Waals surface area contributed by atoms with E-state index in [-0.39, 0.29) is 24.7 Å². The Morgan fingerprint density at radius 1 is 1.00 bits per heavy atom. The number of carbonyl (C=O) groups is 2. The number of esters is 1. The number of nitrogens with zero attached hydrogens (tertiary/aromatic N) is 4. The van der Waals surface area contributed by atoms with Gasteiger partial charge >= 0.3 is 5.97 Å². The molecule has 0 bridgehead atoms. The van der Waals surface area contributed by atoms with Crippen molar-refractivity contribution in [1.29, 1.82) is 0 Å². The van der Waals surface area contributed by atoms with Crippen molar-refractivity contribution in [3.05, 3.63) is 53.0 Å². The van der Waals surface area contributed by atoms with Gasteiger partial charge in [0.2, 0.25) is 5.91 Å². The summed E-state index contributed by atoms with van der Waals surface area (Å²) in [7, 11) is 0. The standard InChI is InChI=1S/C25H34N4O3/c1-4-22-21(18-20-10-7-6-8-11-20)25(27-19(3)26-22)29-15-9-14-28(16-17-29)23(30)12-13-24(31)32-5-2/h6-8,10-11H,4-5,9,12-18H2,1-3H3. The van der Waals surface area contributed by atoms with Crippen molar-refractivity contribution < 1.29 is 14.3 Å². The second-order valence-electron chi connectivity index (χ2n) is 8.06. The molecule has 0 saturated carbocycles. The molecule has 0 aliphatic carbocycles. The zero-order chi connectivity index (χ0) is 22.9. The maximum absolute atomic E-state index is 12.6. The Morgan fingerprint density at radius 2 is 1.78 bits per heavy atom. The van der Waals surface area contributed by atoms with Crippen LogP contribution in [-0.2, 0) is 27.2 Å². The largest absolute Gasteiger partial charge is 0.466 e. The van der Waals surface area contributed by atoms with Gasteiger partial charge in [0.05, 0.1) is 13.0 Å². The third-order valence-corrected chi connectivity index (χ3v) is 5.74. The summed E-state index contributed by atoms with van der Waals surface area (Å²) in [6, 6.07) is 10.4. The SMILES string of the molecule is CCOC(=O)CCC(=O)N1CCCN(c2nc(C)nc(CC)c2Cc2ccccc2)CC1. The van der Waals surface area contributed by atoms with Crippen LogP contribution in [0.15, 0.2) is 30.3 Å². The lowest BCUT2D eigenvalue weighted by Gasteiger charge is -2.26. The van der Waals surface area contributed by atoms with Crippen LogP contribution in [0.5, 0.6) is 0 Å². The monoisotopic (exact) mass is 438 g/mol. The van der Waals surface area contributed by atoms with Gasteiger partial charge in [-0.1, -0.05) is 37.3 Å². The summed E-state index contributed by atoms with van der Waals surface area (Å²) in [6.07, 6.45) is 2.84. The summed E-state index contributed by atoms with van der Waals surface area (Å²) in [5.74, 6) is 1.46. The molecule has 7 heteroatoms. The zero-order valence-corrected chi connectivity index (χ0v) is 19.5. The predicted molar refractivity (Wildman–Crippen MR) is 125 cm³/mol. The molecule has 0 spiro atoms. The van der Waals surface area contributed by atoms with Crippen molar-refractivity contribution >= 4 is 17.7 Å². The number of hydrogen-bond donors (Lipinski definition) is 0. The van der Waals surface area contributed by atoms with E-state index in [9.17, 15) is 9.59 Å². The molecule has 2 aromatic rings. The van der Waals surface area contributed by atoms with Crippen molar-refractivity contribution in [2.75, 3.05) is 37.7 Å². The molecular formula is C25H34N4O3. The summed E-state index contributed by atoms with van der Waals surface area (Å²) >= 11 is 0. The minimum atomic E-state index is -0.314. The molecule has 0 radical (unpaired) electrons. The summed E-state index contributed by atoms with van der Waals surface area (Å²) < 4.78 is 4.94. The molecule has 1 fully saturated rings. The van der Waals surface area contributed by atoms with Gasteiger partial charge < -0.3 is 14.5 Å². The summed E-state index contributed by atoms with van der Waals surface area (Å²) in [5.41, 5.74) is 3.50. The quantitative estimate of drug-likeness (QED) is 0.589. The van der Waals surface area contributed by atoms with Gasteiger partial charge in [0, 0.05) is 50.3 Å². The number of ether oxygens (including phenoxy) is 1. The Balaban J connectivity index is 1.74. The van der Waals surface area contributed by atoms with Crippen LogP contribution < -0.4 is 4.90 Å². The average Bonchev–Trinajstić information content (AvgIpc) is 3.05. The molecule has 1 saturated heterocycles. The molecule has 32 heavy (non-hydrogen) atoms. The first-order chi connectivity index (χ1) is 15.5. The van der Waals surface area contributed by atoms with E-state index in [2.05, 4.69) is 36.1 Å². The number of aromatic nitrogens is 2. The predicted octanol–water partition coefficient (Wildman–Crippen LogP) is 3.32. The van der Waals surface area contributed by atoms with Crippen LogP contribution in [-0.4, -0.2) is 59.5 Å². The fourth-order valence-corrected chi connectivity index (χ4v) is 4.15. The van der Waals surface area contributed by atoms with E-state index < -0.39 is 0 Å². The number of hydrogen-bond acceptors (Lipinski definition) is 6. The summed E-state index contributed by atoms with van der Waals surface area (Å²) in [6.45, 7) is 9.05. The van der Waals surface area contributed by atoms with Crippen LogP contribution in [0.3, 0.4) is 0 Å². The van der Waals surface area contributed by atoms with Crippen molar-refractivity contribution in [3.63, 3.8) is 0 Å². The van der Waals surface area contributed by atoms with Gasteiger partial charge in [0.15, 0.2) is 0 Å². The van der Waals surface area contributed by atoms with E-state index in [1.54, 1.807) is 6.92 Å². The van der Waals surface area contributed by atoms with Gasteiger partial charge in [-0.15, -0.1) is 0 Å². The second-order valence-corrected chi connectivity index (χ2v) is 8.06. The fourth-order valence-electron chi connectivity index (χ4n) is 4.15. The molecule has 0 N–H and O–H groups in total. The highest BCUT2D eigenvalue weighted by atomic mass is 16.5. The topological polar surface area (TPSA) is 75.6 Å². The van der Waals surface area contributed by atoms with Crippen molar-refractivity contribution in [2.24, 2.45) is 0 Å². The third-order valence-electron chi connectivity index (χ3n) is 5.74. The highest BCUT2D eigenvalue weighted by Crippen LogP contribution is 2.26. The lowest BCUT2D eigenvalue weighted by atomic mass is 10.0. The van der Waals surface area contributed by atoms with Crippen molar-refractivity contribution in [1.82, 2.24) is 14.9 Å². The Kier molecular flexibility index (Phi) is 8.59. The number of carbonyl (C=O) groups excluding carboxylic acids is 2. The number of rotatable bonds is 8. The minimum Gasteiger partial charge on any atom is -0.466 e. The molecule has 1 aliphatic rings.